The number of ketones is 1. The molecule has 2 fully saturated rings. The number of halogens is 1. The van der Waals surface area contributed by atoms with E-state index in [1.165, 1.54) is 48.7 Å². The molecule has 3 aliphatic rings. The van der Waals surface area contributed by atoms with Crippen LogP contribution in [-0.2, 0) is 9.59 Å². The lowest BCUT2D eigenvalue weighted by Crippen LogP contribution is -2.46. The van der Waals surface area contributed by atoms with Gasteiger partial charge in [-0.15, -0.1) is 0 Å². The molecule has 0 spiro atoms. The lowest BCUT2D eigenvalue weighted by Gasteiger charge is -2.32. The van der Waals surface area contributed by atoms with Crippen molar-refractivity contribution in [2.45, 2.75) is 12.1 Å². The highest BCUT2D eigenvalue weighted by Gasteiger charge is 2.63. The molecule has 4 atom stereocenters. The molecule has 0 radical (unpaired) electrons. The second kappa shape index (κ2) is 7.74. The number of nitro groups is 1. The van der Waals surface area contributed by atoms with Gasteiger partial charge in [-0.25, -0.2) is 9.29 Å². The number of non-ortho nitro benzene ring substituents is 1. The summed E-state index contributed by atoms with van der Waals surface area (Å²) in [4.78, 5) is 53.6. The van der Waals surface area contributed by atoms with Crippen molar-refractivity contribution in [2.24, 2.45) is 11.8 Å². The summed E-state index contributed by atoms with van der Waals surface area (Å²) in [6, 6.07) is 10.2. The molecule has 0 aromatic heterocycles. The highest BCUT2D eigenvalue weighted by molar-refractivity contribution is 6.24. The number of fused-ring (bicyclic) bond motifs is 3. The Morgan fingerprint density at radius 1 is 1.09 bits per heavy atom. The van der Waals surface area contributed by atoms with Crippen LogP contribution in [0.3, 0.4) is 0 Å². The molecule has 2 aromatic rings. The first kappa shape index (κ1) is 21.2. The van der Waals surface area contributed by atoms with Crippen LogP contribution >= 0.6 is 0 Å². The fraction of sp³-hybridized carbons (Fsp3) is 0.167. The largest absolute Gasteiger partial charge is 0.359 e. The maximum absolute atomic E-state index is 13.6. The van der Waals surface area contributed by atoms with Crippen LogP contribution in [0.2, 0.25) is 0 Å². The van der Waals surface area contributed by atoms with Crippen molar-refractivity contribution in [3.05, 3.63) is 94.0 Å². The summed E-state index contributed by atoms with van der Waals surface area (Å²) in [6.07, 6.45) is 4.53. The molecule has 2 aromatic carbocycles. The van der Waals surface area contributed by atoms with E-state index in [1.54, 1.807) is 4.90 Å². The van der Waals surface area contributed by atoms with Gasteiger partial charge in [0.05, 0.1) is 40.1 Å². The standard InChI is InChI=1S/C24H15FN4O5/c25-15-4-6-16(7-5-15)28-23(31)19-18-10-13(12-26)8-9-27(18)21(20(19)24(28)32)22(30)14-2-1-3-17(11-14)29(33)34/h1-11,18-21H/t18-,19-,20+,21-/m1/s1. The number of anilines is 1. The number of nitriles is 1. The maximum Gasteiger partial charge on any atom is 0.270 e. The molecule has 2 amide bonds. The van der Waals surface area contributed by atoms with Crippen molar-refractivity contribution in [2.75, 3.05) is 4.90 Å². The van der Waals surface area contributed by atoms with Gasteiger partial charge in [0.25, 0.3) is 5.69 Å². The number of hydrogen-bond donors (Lipinski definition) is 0. The van der Waals surface area contributed by atoms with Crippen molar-refractivity contribution >= 4 is 29.0 Å². The van der Waals surface area contributed by atoms with Gasteiger partial charge >= 0.3 is 0 Å². The molecule has 3 aliphatic heterocycles. The van der Waals surface area contributed by atoms with E-state index >= 15 is 0 Å². The van der Waals surface area contributed by atoms with Gasteiger partial charge in [-0.1, -0.05) is 12.1 Å². The number of nitro benzene ring substituents is 1. The highest BCUT2D eigenvalue weighted by atomic mass is 19.1. The van der Waals surface area contributed by atoms with Crippen molar-refractivity contribution < 1.29 is 23.7 Å². The van der Waals surface area contributed by atoms with E-state index in [0.29, 0.717) is 0 Å². The summed E-state index contributed by atoms with van der Waals surface area (Å²) in [5, 5.41) is 20.5. The van der Waals surface area contributed by atoms with Crippen molar-refractivity contribution in [3.63, 3.8) is 0 Å². The van der Waals surface area contributed by atoms with Crippen LogP contribution in [0.4, 0.5) is 15.8 Å². The maximum atomic E-state index is 13.6. The van der Waals surface area contributed by atoms with E-state index in [-0.39, 0.29) is 22.5 Å². The predicted octanol–water partition coefficient (Wildman–Crippen LogP) is 2.75. The third-order valence-electron chi connectivity index (χ3n) is 6.37. The van der Waals surface area contributed by atoms with Gasteiger partial charge in [0, 0.05) is 23.9 Å². The van der Waals surface area contributed by atoms with Gasteiger partial charge in [-0.2, -0.15) is 5.26 Å². The van der Waals surface area contributed by atoms with Crippen molar-refractivity contribution in [3.8, 4) is 6.07 Å². The molecular formula is C24H15FN4O5. The summed E-state index contributed by atoms with van der Waals surface area (Å²) >= 11 is 0. The molecule has 0 unspecified atom stereocenters. The van der Waals surface area contributed by atoms with E-state index in [0.717, 1.165) is 23.1 Å². The first-order chi connectivity index (χ1) is 16.3. The molecule has 0 aliphatic carbocycles. The fourth-order valence-corrected chi connectivity index (χ4v) is 4.91. The zero-order valence-corrected chi connectivity index (χ0v) is 17.4. The summed E-state index contributed by atoms with van der Waals surface area (Å²) in [6.45, 7) is 0. The van der Waals surface area contributed by atoms with E-state index in [9.17, 15) is 34.2 Å². The zero-order chi connectivity index (χ0) is 24.1. The molecule has 2 saturated heterocycles. The Morgan fingerprint density at radius 2 is 1.79 bits per heavy atom. The molecule has 10 heteroatoms. The third kappa shape index (κ3) is 3.09. The van der Waals surface area contributed by atoms with Gasteiger partial charge in [0.1, 0.15) is 11.9 Å². The number of carbonyl (C=O) groups is 3. The van der Waals surface area contributed by atoms with Crippen LogP contribution in [0, 0.1) is 39.1 Å². The molecular weight excluding hydrogens is 443 g/mol. The number of allylic oxidation sites excluding steroid dienone is 2. The highest BCUT2D eigenvalue weighted by Crippen LogP contribution is 2.47. The summed E-state index contributed by atoms with van der Waals surface area (Å²) in [5.41, 5.74) is 0.209. The Kier molecular flexibility index (Phi) is 4.83. The van der Waals surface area contributed by atoms with Gasteiger partial charge in [-0.05, 0) is 36.4 Å². The SMILES string of the molecule is N#CC1=C[C@@H]2[C@H]3C(=O)N(c4ccc(F)cc4)C(=O)[C@@H]3[C@H](C(=O)c3cccc([N+](=O)[O-])c3)N2C=C1. The van der Waals surface area contributed by atoms with Crippen LogP contribution in [0.5, 0.6) is 0 Å². The van der Waals surface area contributed by atoms with Gasteiger partial charge in [0.15, 0.2) is 5.78 Å². The minimum absolute atomic E-state index is 0.0301. The van der Waals surface area contributed by atoms with Gasteiger partial charge in [0.2, 0.25) is 11.8 Å². The smallest absolute Gasteiger partial charge is 0.270 e. The second-order valence-electron chi connectivity index (χ2n) is 8.14. The van der Waals surface area contributed by atoms with Gasteiger partial charge < -0.3 is 4.90 Å². The van der Waals surface area contributed by atoms with Crippen LogP contribution in [0.25, 0.3) is 0 Å². The van der Waals surface area contributed by atoms with Crippen LogP contribution in [0.15, 0.2) is 72.5 Å². The molecule has 3 heterocycles. The second-order valence-corrected chi connectivity index (χ2v) is 8.14. The first-order valence-electron chi connectivity index (χ1n) is 10.3. The number of rotatable bonds is 4. The summed E-state index contributed by atoms with van der Waals surface area (Å²) in [5.74, 6) is -4.32. The van der Waals surface area contributed by atoms with E-state index in [1.807, 2.05) is 6.07 Å². The van der Waals surface area contributed by atoms with Crippen molar-refractivity contribution in [1.82, 2.24) is 4.90 Å². The zero-order valence-electron chi connectivity index (χ0n) is 17.4. The number of hydrogen-bond acceptors (Lipinski definition) is 7. The van der Waals surface area contributed by atoms with Gasteiger partial charge in [-0.3, -0.25) is 24.5 Å². The third-order valence-corrected chi connectivity index (χ3v) is 6.37. The Balaban J connectivity index is 1.60. The van der Waals surface area contributed by atoms with E-state index in [4.69, 9.17) is 0 Å². The Bertz CT molecular complexity index is 1360. The summed E-state index contributed by atoms with van der Waals surface area (Å²) in [7, 11) is 0. The number of benzene rings is 2. The number of Topliss-reactive ketones (excluding diaryl/α,β-unsaturated/α-hetero) is 1. The number of nitrogens with zero attached hydrogens (tertiary/aromatic N) is 4. The lowest BCUT2D eigenvalue weighted by atomic mass is 9.86. The Hall–Kier alpha value is -4.65. The Labute approximate surface area is 192 Å². The molecule has 5 rings (SSSR count). The lowest BCUT2D eigenvalue weighted by molar-refractivity contribution is -0.384. The fourth-order valence-electron chi connectivity index (χ4n) is 4.91. The monoisotopic (exact) mass is 458 g/mol. The minimum Gasteiger partial charge on any atom is -0.359 e. The molecule has 168 valence electrons. The van der Waals surface area contributed by atoms with E-state index < -0.39 is 52.3 Å². The number of imide groups is 1. The molecule has 0 saturated carbocycles. The predicted molar refractivity (Wildman–Crippen MR) is 116 cm³/mol. The summed E-state index contributed by atoms with van der Waals surface area (Å²) < 4.78 is 13.4. The first-order valence-corrected chi connectivity index (χ1v) is 10.3. The normalized spacial score (nSPS) is 25.0. The van der Waals surface area contributed by atoms with Crippen molar-refractivity contribution in [1.29, 1.82) is 5.26 Å². The molecule has 9 nitrogen and oxygen atoms in total. The van der Waals surface area contributed by atoms with Crippen LogP contribution < -0.4 is 4.90 Å². The molecule has 0 N–H and O–H groups in total. The average Bonchev–Trinajstić information content (AvgIpc) is 3.31. The van der Waals surface area contributed by atoms with E-state index in [2.05, 4.69) is 0 Å². The minimum atomic E-state index is -1.12. The number of amides is 2. The Morgan fingerprint density at radius 3 is 2.47 bits per heavy atom. The molecule has 0 bridgehead atoms. The topological polar surface area (TPSA) is 125 Å². The quantitative estimate of drug-likeness (QED) is 0.299. The average molecular weight is 458 g/mol. The van der Waals surface area contributed by atoms with Crippen LogP contribution in [-0.4, -0.2) is 39.5 Å². The number of carbonyl (C=O) groups excluding carboxylic acids is 3. The molecule has 34 heavy (non-hydrogen) atoms. The van der Waals surface area contributed by atoms with Crippen LogP contribution in [0.1, 0.15) is 10.4 Å².